The number of nitriles is 1. The van der Waals surface area contributed by atoms with Gasteiger partial charge in [0.15, 0.2) is 5.65 Å². The Balaban J connectivity index is 1.54. The SMILES string of the molecule is C[C@]1(C(N)=O)CC[C@H](n2c(Nc3c(F)cc(C#N)cc3Cl)nc3cnc(N[C@H]4CC[C@H](O)C4)nc32)CC1. The highest BCUT2D eigenvalue weighted by molar-refractivity contribution is 6.33. The summed E-state index contributed by atoms with van der Waals surface area (Å²) >= 11 is 6.30. The van der Waals surface area contributed by atoms with Crippen molar-refractivity contribution < 1.29 is 14.3 Å². The lowest BCUT2D eigenvalue weighted by Gasteiger charge is -2.35. The summed E-state index contributed by atoms with van der Waals surface area (Å²) in [4.78, 5) is 25.8. The van der Waals surface area contributed by atoms with Crippen LogP contribution in [-0.4, -0.2) is 42.7 Å². The van der Waals surface area contributed by atoms with E-state index in [2.05, 4.69) is 20.6 Å². The van der Waals surface area contributed by atoms with Crippen molar-refractivity contribution in [3.05, 3.63) is 34.7 Å². The number of carbonyl (C=O) groups excluding carboxylic acids is 1. The number of nitrogens with one attached hydrogen (secondary N) is 2. The minimum absolute atomic E-state index is 0.00116. The van der Waals surface area contributed by atoms with Gasteiger partial charge < -0.3 is 21.5 Å². The first-order chi connectivity index (χ1) is 17.7. The summed E-state index contributed by atoms with van der Waals surface area (Å²) in [6, 6.07) is 4.36. The zero-order valence-electron chi connectivity index (χ0n) is 20.3. The molecule has 0 saturated heterocycles. The molecule has 12 heteroatoms. The number of hydrogen-bond acceptors (Lipinski definition) is 8. The van der Waals surface area contributed by atoms with Crippen molar-refractivity contribution >= 4 is 46.3 Å². The maximum absolute atomic E-state index is 14.9. The minimum Gasteiger partial charge on any atom is -0.393 e. The van der Waals surface area contributed by atoms with Crippen LogP contribution in [0, 0.1) is 22.6 Å². The number of aliphatic hydroxyl groups excluding tert-OH is 1. The van der Waals surface area contributed by atoms with Gasteiger partial charge >= 0.3 is 0 Å². The van der Waals surface area contributed by atoms with Gasteiger partial charge in [-0.25, -0.2) is 14.4 Å². The molecule has 5 rings (SSSR count). The van der Waals surface area contributed by atoms with Crippen LogP contribution in [0.15, 0.2) is 18.3 Å². The van der Waals surface area contributed by atoms with E-state index in [-0.39, 0.29) is 40.4 Å². The zero-order valence-corrected chi connectivity index (χ0v) is 21.1. The molecular formula is C25H28ClFN8O2. The van der Waals surface area contributed by atoms with Gasteiger partial charge in [0.1, 0.15) is 11.3 Å². The lowest BCUT2D eigenvalue weighted by atomic mass is 9.73. The Morgan fingerprint density at radius 1 is 1.30 bits per heavy atom. The van der Waals surface area contributed by atoms with E-state index in [9.17, 15) is 14.3 Å². The standard InChI is InChI=1S/C25H28ClFN8O2/c1-25(22(29)37)6-4-15(5-7-25)35-21-19(12-30-23(34-21)31-14-2-3-16(36)10-14)32-24(35)33-20-17(26)8-13(11-28)9-18(20)27/h8-9,12,14-16,36H,2-7,10H2,1H3,(H2,29,37)(H,32,33)(H,30,31,34)/t14-,15-,16-,25-/m0/s1. The molecule has 1 aromatic carbocycles. The molecule has 2 aliphatic carbocycles. The Morgan fingerprint density at radius 2 is 2.05 bits per heavy atom. The van der Waals surface area contributed by atoms with Gasteiger partial charge in [0.2, 0.25) is 17.8 Å². The van der Waals surface area contributed by atoms with Crippen LogP contribution in [0.1, 0.15) is 63.5 Å². The zero-order chi connectivity index (χ0) is 26.3. The van der Waals surface area contributed by atoms with E-state index in [4.69, 9.17) is 27.6 Å². The van der Waals surface area contributed by atoms with Crippen molar-refractivity contribution in [2.24, 2.45) is 11.1 Å². The van der Waals surface area contributed by atoms with E-state index < -0.39 is 11.2 Å². The topological polar surface area (TPSA) is 155 Å². The summed E-state index contributed by atoms with van der Waals surface area (Å²) in [6.45, 7) is 1.88. The number of imidazole rings is 1. The molecule has 3 aromatic rings. The fourth-order valence-corrected chi connectivity index (χ4v) is 5.53. The molecule has 2 atom stereocenters. The maximum Gasteiger partial charge on any atom is 0.224 e. The van der Waals surface area contributed by atoms with Gasteiger partial charge in [-0.05, 0) is 57.1 Å². The average Bonchev–Trinajstić information content (AvgIpc) is 3.44. The third kappa shape index (κ3) is 4.91. The van der Waals surface area contributed by atoms with Crippen molar-refractivity contribution in [3.63, 3.8) is 0 Å². The second-order valence-corrected chi connectivity index (χ2v) is 10.6. The van der Waals surface area contributed by atoms with E-state index in [0.29, 0.717) is 55.2 Å². The third-order valence-electron chi connectivity index (χ3n) is 7.60. The highest BCUT2D eigenvalue weighted by Crippen LogP contribution is 2.43. The number of carbonyl (C=O) groups is 1. The molecule has 2 fully saturated rings. The van der Waals surface area contributed by atoms with Crippen molar-refractivity contribution in [3.8, 4) is 6.07 Å². The summed E-state index contributed by atoms with van der Waals surface area (Å²) in [6.07, 6.45) is 5.90. The molecular weight excluding hydrogens is 499 g/mol. The van der Waals surface area contributed by atoms with Crippen LogP contribution in [0.25, 0.3) is 11.2 Å². The summed E-state index contributed by atoms with van der Waals surface area (Å²) in [5, 5.41) is 25.3. The van der Waals surface area contributed by atoms with Crippen LogP contribution in [-0.2, 0) is 4.79 Å². The Bertz CT molecular complexity index is 1370. The molecule has 2 aromatic heterocycles. The smallest absolute Gasteiger partial charge is 0.224 e. The fourth-order valence-electron chi connectivity index (χ4n) is 5.28. The molecule has 0 unspecified atom stereocenters. The van der Waals surface area contributed by atoms with Gasteiger partial charge in [-0.15, -0.1) is 0 Å². The molecule has 0 radical (unpaired) electrons. The van der Waals surface area contributed by atoms with Gasteiger partial charge in [-0.2, -0.15) is 10.2 Å². The Morgan fingerprint density at radius 3 is 2.68 bits per heavy atom. The quantitative estimate of drug-likeness (QED) is 0.373. The van der Waals surface area contributed by atoms with Crippen molar-refractivity contribution in [1.29, 1.82) is 5.26 Å². The molecule has 194 valence electrons. The van der Waals surface area contributed by atoms with Gasteiger partial charge in [0, 0.05) is 17.5 Å². The van der Waals surface area contributed by atoms with Crippen LogP contribution in [0.2, 0.25) is 5.02 Å². The van der Waals surface area contributed by atoms with E-state index >= 15 is 0 Å². The lowest BCUT2D eigenvalue weighted by molar-refractivity contribution is -0.128. The number of nitrogens with zero attached hydrogens (tertiary/aromatic N) is 5. The van der Waals surface area contributed by atoms with Crippen LogP contribution >= 0.6 is 11.6 Å². The molecule has 0 spiro atoms. The van der Waals surface area contributed by atoms with Crippen LogP contribution in [0.3, 0.4) is 0 Å². The predicted octanol–water partition coefficient (Wildman–Crippen LogP) is 4.17. The summed E-state index contributed by atoms with van der Waals surface area (Å²) in [5.41, 5.74) is 6.24. The van der Waals surface area contributed by atoms with Gasteiger partial charge in [-0.1, -0.05) is 18.5 Å². The van der Waals surface area contributed by atoms with Gasteiger partial charge in [-0.3, -0.25) is 9.36 Å². The summed E-state index contributed by atoms with van der Waals surface area (Å²) < 4.78 is 16.8. The second kappa shape index (κ2) is 9.76. The molecule has 2 aliphatic rings. The first kappa shape index (κ1) is 25.2. The molecule has 0 bridgehead atoms. The highest BCUT2D eigenvalue weighted by atomic mass is 35.5. The highest BCUT2D eigenvalue weighted by Gasteiger charge is 2.38. The monoisotopic (exact) mass is 526 g/mol. The Kier molecular flexibility index (Phi) is 6.64. The molecule has 5 N–H and O–H groups in total. The molecule has 2 heterocycles. The minimum atomic E-state index is -0.680. The van der Waals surface area contributed by atoms with E-state index in [1.165, 1.54) is 6.07 Å². The van der Waals surface area contributed by atoms with Crippen molar-refractivity contribution in [2.45, 2.75) is 70.1 Å². The number of benzene rings is 1. The van der Waals surface area contributed by atoms with Crippen LogP contribution in [0.4, 0.5) is 22.0 Å². The number of hydrogen-bond donors (Lipinski definition) is 4. The first-order valence-corrected chi connectivity index (χ1v) is 12.7. The number of aliphatic hydroxyl groups is 1. The Hall–Kier alpha value is -3.49. The number of nitrogens with two attached hydrogens (primary N) is 1. The van der Waals surface area contributed by atoms with E-state index in [1.54, 1.807) is 6.20 Å². The van der Waals surface area contributed by atoms with Gasteiger partial charge in [0.05, 0.1) is 34.6 Å². The lowest BCUT2D eigenvalue weighted by Crippen LogP contribution is -2.38. The average molecular weight is 527 g/mol. The molecule has 2 saturated carbocycles. The van der Waals surface area contributed by atoms with Crippen molar-refractivity contribution in [2.75, 3.05) is 10.6 Å². The molecule has 0 aliphatic heterocycles. The fraction of sp³-hybridized carbons (Fsp3) is 0.480. The number of anilines is 3. The molecule has 37 heavy (non-hydrogen) atoms. The van der Waals surface area contributed by atoms with Crippen LogP contribution in [0.5, 0.6) is 0 Å². The molecule has 10 nitrogen and oxygen atoms in total. The van der Waals surface area contributed by atoms with Crippen LogP contribution < -0.4 is 16.4 Å². The maximum atomic E-state index is 14.9. The largest absolute Gasteiger partial charge is 0.393 e. The number of fused-ring (bicyclic) bond motifs is 1. The number of aromatic nitrogens is 4. The Labute approximate surface area is 218 Å². The predicted molar refractivity (Wildman–Crippen MR) is 137 cm³/mol. The third-order valence-corrected chi connectivity index (χ3v) is 7.90. The second-order valence-electron chi connectivity index (χ2n) is 10.2. The normalized spacial score (nSPS) is 25.6. The number of halogens is 2. The van der Waals surface area contributed by atoms with Gasteiger partial charge in [0.25, 0.3) is 0 Å². The number of primary amides is 1. The van der Waals surface area contributed by atoms with E-state index in [0.717, 1.165) is 18.9 Å². The summed E-state index contributed by atoms with van der Waals surface area (Å²) in [5.74, 6) is -0.254. The van der Waals surface area contributed by atoms with E-state index in [1.807, 2.05) is 17.6 Å². The number of amides is 1. The molecule has 1 amide bonds. The number of rotatable bonds is 6. The van der Waals surface area contributed by atoms with Crippen molar-refractivity contribution in [1.82, 2.24) is 19.5 Å². The summed E-state index contributed by atoms with van der Waals surface area (Å²) in [7, 11) is 0. The first-order valence-electron chi connectivity index (χ1n) is 12.3.